The summed E-state index contributed by atoms with van der Waals surface area (Å²) in [6, 6.07) is 23.3. The molecule has 1 atom stereocenters. The molecule has 0 aromatic heterocycles. The van der Waals surface area contributed by atoms with Gasteiger partial charge in [-0.05, 0) is 47.5 Å². The molecule has 1 unspecified atom stereocenters. The van der Waals surface area contributed by atoms with E-state index in [1.54, 1.807) is 24.3 Å². The van der Waals surface area contributed by atoms with E-state index in [1.165, 1.54) is 24.3 Å². The molecule has 208 valence electrons. The van der Waals surface area contributed by atoms with Crippen molar-refractivity contribution in [2.45, 2.75) is 12.2 Å². The number of aliphatic hydroxyl groups excluding tert-OH is 2. The molecule has 0 saturated heterocycles. The number of rotatable bonds is 11. The average molecular weight is 552 g/mol. The van der Waals surface area contributed by atoms with E-state index in [2.05, 4.69) is 10.3 Å². The minimum Gasteiger partial charge on any atom is -0.395 e. The third kappa shape index (κ3) is 8.25. The first-order valence-electron chi connectivity index (χ1n) is 12.2. The summed E-state index contributed by atoms with van der Waals surface area (Å²) in [5.74, 6) is -0.953. The number of hydrogen-bond acceptors (Lipinski definition) is 7. The smallest absolute Gasteiger partial charge is 0.395 e. The van der Waals surface area contributed by atoms with E-state index in [-0.39, 0.29) is 43.2 Å². The third-order valence-electron chi connectivity index (χ3n) is 5.79. The Morgan fingerprint density at radius 2 is 1.65 bits per heavy atom. The molecule has 3 aromatic carbocycles. The van der Waals surface area contributed by atoms with Gasteiger partial charge in [0, 0.05) is 18.8 Å². The van der Waals surface area contributed by atoms with Gasteiger partial charge >= 0.3 is 6.18 Å². The quantitative estimate of drug-likeness (QED) is 0.266. The Bertz CT molecular complexity index is 1400. The monoisotopic (exact) mass is 551 g/mol. The molecule has 5 N–H and O–H groups in total. The van der Waals surface area contributed by atoms with E-state index in [1.807, 2.05) is 41.3 Å². The van der Waals surface area contributed by atoms with Crippen LogP contribution in [0.15, 0.2) is 95.6 Å². The molecule has 0 fully saturated rings. The van der Waals surface area contributed by atoms with Crippen LogP contribution in [0, 0.1) is 11.3 Å². The molecule has 0 saturated carbocycles. The van der Waals surface area contributed by atoms with Gasteiger partial charge in [0.15, 0.2) is 0 Å². The maximum absolute atomic E-state index is 13.2. The maximum atomic E-state index is 13.2. The van der Waals surface area contributed by atoms with Crippen molar-refractivity contribution in [1.82, 2.24) is 4.90 Å². The van der Waals surface area contributed by atoms with E-state index in [4.69, 9.17) is 11.0 Å². The number of hydrogen-bond donors (Lipinski definition) is 4. The number of aliphatic imine (C=N–C) groups is 1. The van der Waals surface area contributed by atoms with Crippen LogP contribution in [0.1, 0.15) is 22.7 Å². The SMILES string of the molecule is N#Cc1cccc(N=C(C=C(N)C(F)(F)F)C(=O)Nc2cccc(C(c3ccccc3)N(CCO)CCO)c2)c1. The molecule has 0 aliphatic carbocycles. The summed E-state index contributed by atoms with van der Waals surface area (Å²) in [5, 5.41) is 30.9. The topological polar surface area (TPSA) is 135 Å². The van der Waals surface area contributed by atoms with Crippen LogP contribution in [0.4, 0.5) is 24.5 Å². The Morgan fingerprint density at radius 3 is 2.27 bits per heavy atom. The van der Waals surface area contributed by atoms with Crippen LogP contribution in [-0.2, 0) is 4.79 Å². The molecule has 8 nitrogen and oxygen atoms in total. The van der Waals surface area contributed by atoms with E-state index in [0.29, 0.717) is 11.6 Å². The van der Waals surface area contributed by atoms with Crippen molar-refractivity contribution < 1.29 is 28.2 Å². The molecule has 1 amide bonds. The second-order valence-electron chi connectivity index (χ2n) is 8.63. The number of carbonyl (C=O) groups is 1. The molecular formula is C29H28F3N5O3. The number of nitrogens with zero attached hydrogens (tertiary/aromatic N) is 3. The largest absolute Gasteiger partial charge is 0.430 e. The lowest BCUT2D eigenvalue weighted by molar-refractivity contribution is -0.110. The predicted octanol–water partition coefficient (Wildman–Crippen LogP) is 4.05. The molecule has 0 radical (unpaired) electrons. The van der Waals surface area contributed by atoms with Crippen LogP contribution in [0.25, 0.3) is 0 Å². The van der Waals surface area contributed by atoms with E-state index in [0.717, 1.165) is 5.56 Å². The molecule has 0 aliphatic rings. The Hall–Kier alpha value is -4.50. The summed E-state index contributed by atoms with van der Waals surface area (Å²) in [6.45, 7) is 0.215. The predicted molar refractivity (Wildman–Crippen MR) is 146 cm³/mol. The maximum Gasteiger partial charge on any atom is 0.430 e. The number of nitrogens with two attached hydrogens (primary N) is 1. The fourth-order valence-corrected chi connectivity index (χ4v) is 4.02. The molecule has 0 aliphatic heterocycles. The van der Waals surface area contributed by atoms with Crippen molar-refractivity contribution >= 4 is 23.0 Å². The number of halogens is 3. The highest BCUT2D eigenvalue weighted by molar-refractivity contribution is 6.47. The third-order valence-corrected chi connectivity index (χ3v) is 5.79. The van der Waals surface area contributed by atoms with Crippen molar-refractivity contribution in [1.29, 1.82) is 5.26 Å². The van der Waals surface area contributed by atoms with Gasteiger partial charge < -0.3 is 21.3 Å². The minimum atomic E-state index is -4.89. The Labute approximate surface area is 229 Å². The number of nitriles is 1. The Kier molecular flexibility index (Phi) is 10.6. The summed E-state index contributed by atoms with van der Waals surface area (Å²) >= 11 is 0. The van der Waals surface area contributed by atoms with Gasteiger partial charge in [0.1, 0.15) is 11.4 Å². The number of nitrogens with one attached hydrogen (secondary N) is 1. The molecule has 0 heterocycles. The zero-order valence-electron chi connectivity index (χ0n) is 21.3. The number of amides is 1. The standard InChI is InChI=1S/C29H28F3N5O3/c30-29(31,32)26(34)18-25(35-23-10-4-6-20(16-23)19-33)28(40)36-24-11-5-9-22(17-24)27(21-7-2-1-3-8-21)37(12-14-38)13-15-39/h1-11,16-18,27,38-39H,12-15,34H2,(H,36,40). The molecule has 0 spiro atoms. The summed E-state index contributed by atoms with van der Waals surface area (Å²) in [7, 11) is 0. The van der Waals surface area contributed by atoms with Crippen LogP contribution in [0.5, 0.6) is 0 Å². The first kappa shape index (κ1) is 30.0. The van der Waals surface area contributed by atoms with Crippen molar-refractivity contribution in [2.24, 2.45) is 10.7 Å². The van der Waals surface area contributed by atoms with Crippen LogP contribution in [0.3, 0.4) is 0 Å². The van der Waals surface area contributed by atoms with E-state index >= 15 is 0 Å². The summed E-state index contributed by atoms with van der Waals surface area (Å²) in [4.78, 5) is 19.1. The Balaban J connectivity index is 2.01. The van der Waals surface area contributed by atoms with Gasteiger partial charge in [0.25, 0.3) is 5.91 Å². The zero-order chi connectivity index (χ0) is 29.1. The first-order valence-corrected chi connectivity index (χ1v) is 12.2. The highest BCUT2D eigenvalue weighted by Gasteiger charge is 2.32. The fourth-order valence-electron chi connectivity index (χ4n) is 4.02. The van der Waals surface area contributed by atoms with Gasteiger partial charge in [-0.25, -0.2) is 4.99 Å². The second-order valence-corrected chi connectivity index (χ2v) is 8.63. The molecular weight excluding hydrogens is 523 g/mol. The number of allylic oxidation sites excluding steroid dienone is 1. The number of alkyl halides is 3. The fraction of sp³-hybridized carbons (Fsp3) is 0.207. The highest BCUT2D eigenvalue weighted by atomic mass is 19.4. The van der Waals surface area contributed by atoms with Crippen molar-refractivity contribution in [2.75, 3.05) is 31.6 Å². The summed E-state index contributed by atoms with van der Waals surface area (Å²) in [5.41, 5.74) is 5.21. The lowest BCUT2D eigenvalue weighted by Gasteiger charge is -2.32. The molecule has 11 heteroatoms. The van der Waals surface area contributed by atoms with Crippen LogP contribution < -0.4 is 11.1 Å². The van der Waals surface area contributed by atoms with Crippen LogP contribution >= 0.6 is 0 Å². The number of anilines is 1. The number of benzene rings is 3. The van der Waals surface area contributed by atoms with Crippen molar-refractivity contribution in [3.63, 3.8) is 0 Å². The van der Waals surface area contributed by atoms with Crippen LogP contribution in [-0.4, -0.2) is 59.2 Å². The highest BCUT2D eigenvalue weighted by Crippen LogP contribution is 2.30. The average Bonchev–Trinajstić information content (AvgIpc) is 2.93. The van der Waals surface area contributed by atoms with Crippen molar-refractivity contribution in [3.05, 3.63) is 107 Å². The lowest BCUT2D eigenvalue weighted by Crippen LogP contribution is -2.34. The van der Waals surface area contributed by atoms with Gasteiger partial charge in [-0.3, -0.25) is 9.69 Å². The van der Waals surface area contributed by atoms with Gasteiger partial charge in [-0.2, -0.15) is 18.4 Å². The summed E-state index contributed by atoms with van der Waals surface area (Å²) in [6.07, 6.45) is -4.45. The van der Waals surface area contributed by atoms with E-state index in [9.17, 15) is 28.2 Å². The molecule has 0 bridgehead atoms. The first-order chi connectivity index (χ1) is 19.2. The van der Waals surface area contributed by atoms with Gasteiger partial charge in [0.2, 0.25) is 0 Å². The van der Waals surface area contributed by atoms with Crippen molar-refractivity contribution in [3.8, 4) is 6.07 Å². The molecule has 40 heavy (non-hydrogen) atoms. The zero-order valence-corrected chi connectivity index (χ0v) is 21.3. The lowest BCUT2D eigenvalue weighted by atomic mass is 9.96. The van der Waals surface area contributed by atoms with Crippen LogP contribution in [0.2, 0.25) is 0 Å². The van der Waals surface area contributed by atoms with Gasteiger partial charge in [-0.1, -0.05) is 48.5 Å². The Morgan fingerprint density at radius 1 is 1.00 bits per heavy atom. The molecule has 3 rings (SSSR count). The normalized spacial score (nSPS) is 13.1. The minimum absolute atomic E-state index is 0.0944. The summed E-state index contributed by atoms with van der Waals surface area (Å²) < 4.78 is 39.6. The van der Waals surface area contributed by atoms with Gasteiger partial charge in [-0.15, -0.1) is 0 Å². The van der Waals surface area contributed by atoms with E-state index < -0.39 is 29.5 Å². The molecule has 3 aromatic rings. The second kappa shape index (κ2) is 14.0. The number of carbonyl (C=O) groups excluding carboxylic acids is 1. The van der Waals surface area contributed by atoms with Gasteiger partial charge in [0.05, 0.1) is 36.6 Å². The number of aliphatic hydroxyl groups is 2.